The van der Waals surface area contributed by atoms with E-state index >= 15 is 0 Å². The van der Waals surface area contributed by atoms with Crippen molar-refractivity contribution in [2.75, 3.05) is 41.1 Å². The predicted molar refractivity (Wildman–Crippen MR) is 117 cm³/mol. The Labute approximate surface area is 180 Å². The number of carbonyl (C=O) groups is 2. The van der Waals surface area contributed by atoms with Crippen LogP contribution >= 0.6 is 11.6 Å². The van der Waals surface area contributed by atoms with Gasteiger partial charge in [-0.2, -0.15) is 0 Å². The summed E-state index contributed by atoms with van der Waals surface area (Å²) < 4.78 is 25.2. The number of rotatable bonds is 3. The summed E-state index contributed by atoms with van der Waals surface area (Å²) in [5.74, 6) is -0.990. The third kappa shape index (κ3) is 3.89. The van der Waals surface area contributed by atoms with Crippen LogP contribution in [0.3, 0.4) is 0 Å². The molecule has 0 aliphatic carbocycles. The maximum Gasteiger partial charge on any atom is 0.254 e. The van der Waals surface area contributed by atoms with E-state index < -0.39 is 15.9 Å². The molecule has 0 saturated carbocycles. The van der Waals surface area contributed by atoms with Crippen LogP contribution in [0, 0.1) is 6.92 Å². The summed E-state index contributed by atoms with van der Waals surface area (Å²) in [5.41, 5.74) is 2.68. The van der Waals surface area contributed by atoms with Crippen molar-refractivity contribution in [1.82, 2.24) is 4.90 Å². The average Bonchev–Trinajstić information content (AvgIpc) is 3.00. The number of sulfonamides is 1. The van der Waals surface area contributed by atoms with Gasteiger partial charge in [-0.15, -0.1) is 0 Å². The van der Waals surface area contributed by atoms with Crippen molar-refractivity contribution in [1.29, 1.82) is 0 Å². The number of amides is 2. The second-order valence-electron chi connectivity index (χ2n) is 7.51. The Kier molecular flexibility index (Phi) is 5.46. The summed E-state index contributed by atoms with van der Waals surface area (Å²) in [5, 5.41) is 0.120. The molecule has 7 nitrogen and oxygen atoms in total. The van der Waals surface area contributed by atoms with Gasteiger partial charge in [0.15, 0.2) is 0 Å². The molecule has 2 aliphatic heterocycles. The summed E-state index contributed by atoms with van der Waals surface area (Å²) in [4.78, 5) is 29.1. The largest absolute Gasteiger partial charge is 0.368 e. The lowest BCUT2D eigenvalue weighted by atomic mass is 10.1. The highest BCUT2D eigenvalue weighted by Gasteiger charge is 2.38. The molecule has 4 rings (SSSR count). The number of carbonyl (C=O) groups excluding carboxylic acids is 2. The molecular weight excluding hydrogens is 426 g/mol. The van der Waals surface area contributed by atoms with Crippen LogP contribution in [-0.2, 0) is 14.8 Å². The first kappa shape index (κ1) is 20.7. The van der Waals surface area contributed by atoms with Gasteiger partial charge < -0.3 is 9.80 Å². The molecule has 2 heterocycles. The number of anilines is 2. The number of benzene rings is 2. The molecule has 2 saturated heterocycles. The first-order valence-corrected chi connectivity index (χ1v) is 11.7. The number of hydrogen-bond acceptors (Lipinski definition) is 5. The van der Waals surface area contributed by atoms with Crippen LogP contribution in [0.1, 0.15) is 22.3 Å². The Balaban J connectivity index is 1.51. The molecule has 2 amide bonds. The Morgan fingerprint density at radius 3 is 2.40 bits per heavy atom. The van der Waals surface area contributed by atoms with Crippen molar-refractivity contribution in [2.45, 2.75) is 13.3 Å². The minimum absolute atomic E-state index is 0.0448. The Morgan fingerprint density at radius 2 is 1.77 bits per heavy atom. The standard InChI is InChI=1S/C21H22ClN3O4S/c1-15-3-2-4-17(13-15)23-8-10-24(11-9-23)21(27)16-5-6-18(22)19(14-16)25-20(26)7-12-30(25,28)29/h2-6,13-14H,7-12H2,1H3. The molecule has 0 atom stereocenters. The van der Waals surface area contributed by atoms with Gasteiger partial charge in [0.1, 0.15) is 0 Å². The summed E-state index contributed by atoms with van der Waals surface area (Å²) in [6, 6.07) is 12.7. The molecule has 2 aromatic rings. The zero-order valence-electron chi connectivity index (χ0n) is 16.5. The van der Waals surface area contributed by atoms with E-state index in [4.69, 9.17) is 11.6 Å². The fraction of sp³-hybridized carbons (Fsp3) is 0.333. The monoisotopic (exact) mass is 447 g/mol. The van der Waals surface area contributed by atoms with Crippen molar-refractivity contribution in [2.24, 2.45) is 0 Å². The van der Waals surface area contributed by atoms with Crippen LogP contribution < -0.4 is 9.21 Å². The van der Waals surface area contributed by atoms with Crippen LogP contribution in [0.4, 0.5) is 11.4 Å². The van der Waals surface area contributed by atoms with Crippen molar-refractivity contribution < 1.29 is 18.0 Å². The molecule has 0 spiro atoms. The van der Waals surface area contributed by atoms with Gasteiger partial charge in [0, 0.05) is 43.9 Å². The molecule has 2 fully saturated rings. The van der Waals surface area contributed by atoms with Gasteiger partial charge in [-0.3, -0.25) is 9.59 Å². The molecule has 2 aromatic carbocycles. The number of piperazine rings is 1. The van der Waals surface area contributed by atoms with Crippen LogP contribution in [0.25, 0.3) is 0 Å². The first-order valence-electron chi connectivity index (χ1n) is 9.72. The lowest BCUT2D eigenvalue weighted by molar-refractivity contribution is -0.116. The van der Waals surface area contributed by atoms with E-state index in [1.807, 2.05) is 19.1 Å². The summed E-state index contributed by atoms with van der Waals surface area (Å²) >= 11 is 6.17. The van der Waals surface area contributed by atoms with Gasteiger partial charge in [0.05, 0.1) is 16.5 Å². The van der Waals surface area contributed by atoms with Gasteiger partial charge in [0.25, 0.3) is 5.91 Å². The van der Waals surface area contributed by atoms with Crippen LogP contribution in [0.2, 0.25) is 5.02 Å². The number of nitrogens with zero attached hydrogens (tertiary/aromatic N) is 3. The Morgan fingerprint density at radius 1 is 1.03 bits per heavy atom. The van der Waals surface area contributed by atoms with E-state index in [1.54, 1.807) is 11.0 Å². The van der Waals surface area contributed by atoms with Gasteiger partial charge in [-0.05, 0) is 42.8 Å². The zero-order valence-corrected chi connectivity index (χ0v) is 18.1. The fourth-order valence-electron chi connectivity index (χ4n) is 3.82. The van der Waals surface area contributed by atoms with E-state index in [-0.39, 0.29) is 28.8 Å². The van der Waals surface area contributed by atoms with E-state index in [0.29, 0.717) is 31.7 Å². The molecule has 0 bridgehead atoms. The van der Waals surface area contributed by atoms with Crippen molar-refractivity contribution in [3.05, 3.63) is 58.6 Å². The normalized spacial score (nSPS) is 18.7. The smallest absolute Gasteiger partial charge is 0.254 e. The maximum atomic E-state index is 13.0. The van der Waals surface area contributed by atoms with E-state index in [1.165, 1.54) is 17.7 Å². The quantitative estimate of drug-likeness (QED) is 0.722. The zero-order chi connectivity index (χ0) is 21.5. The van der Waals surface area contributed by atoms with Crippen molar-refractivity contribution >= 4 is 44.8 Å². The Hall–Kier alpha value is -2.58. The van der Waals surface area contributed by atoms with Crippen LogP contribution in [0.15, 0.2) is 42.5 Å². The van der Waals surface area contributed by atoms with E-state index in [2.05, 4.69) is 17.0 Å². The van der Waals surface area contributed by atoms with Crippen molar-refractivity contribution in [3.8, 4) is 0 Å². The molecule has 0 radical (unpaired) electrons. The van der Waals surface area contributed by atoms with Gasteiger partial charge in [0.2, 0.25) is 15.9 Å². The summed E-state index contributed by atoms with van der Waals surface area (Å²) in [6.45, 7) is 4.55. The van der Waals surface area contributed by atoms with E-state index in [0.717, 1.165) is 9.99 Å². The van der Waals surface area contributed by atoms with Gasteiger partial charge in [-0.1, -0.05) is 23.7 Å². The number of aryl methyl sites for hydroxylation is 1. The van der Waals surface area contributed by atoms with E-state index in [9.17, 15) is 18.0 Å². The van der Waals surface area contributed by atoms with Crippen LogP contribution in [0.5, 0.6) is 0 Å². The molecule has 0 aromatic heterocycles. The molecule has 30 heavy (non-hydrogen) atoms. The van der Waals surface area contributed by atoms with Crippen LogP contribution in [-0.4, -0.2) is 57.1 Å². The lowest BCUT2D eigenvalue weighted by Gasteiger charge is -2.36. The second kappa shape index (κ2) is 7.92. The topological polar surface area (TPSA) is 78.0 Å². The number of halogens is 1. The highest BCUT2D eigenvalue weighted by Crippen LogP contribution is 2.33. The molecule has 0 unspecified atom stereocenters. The summed E-state index contributed by atoms with van der Waals surface area (Å²) in [6.07, 6.45) is -0.0856. The van der Waals surface area contributed by atoms with Crippen molar-refractivity contribution in [3.63, 3.8) is 0 Å². The highest BCUT2D eigenvalue weighted by atomic mass is 35.5. The fourth-order valence-corrected chi connectivity index (χ4v) is 5.54. The Bertz CT molecular complexity index is 1110. The molecular formula is C21H22ClN3O4S. The maximum absolute atomic E-state index is 13.0. The third-order valence-corrected chi connectivity index (χ3v) is 7.42. The van der Waals surface area contributed by atoms with Gasteiger partial charge >= 0.3 is 0 Å². The number of hydrogen-bond donors (Lipinski definition) is 0. The minimum atomic E-state index is -3.75. The predicted octanol–water partition coefficient (Wildman–Crippen LogP) is 2.68. The molecule has 2 aliphatic rings. The van der Waals surface area contributed by atoms with Gasteiger partial charge in [-0.25, -0.2) is 12.7 Å². The minimum Gasteiger partial charge on any atom is -0.368 e. The molecule has 9 heteroatoms. The molecule has 0 N–H and O–H groups in total. The lowest BCUT2D eigenvalue weighted by Crippen LogP contribution is -2.48. The first-order chi connectivity index (χ1) is 14.3. The molecule has 158 valence electrons. The third-order valence-electron chi connectivity index (χ3n) is 5.42. The SMILES string of the molecule is Cc1cccc(N2CCN(C(=O)c3ccc(Cl)c(N4C(=O)CCS4(=O)=O)c3)CC2)c1. The highest BCUT2D eigenvalue weighted by molar-refractivity contribution is 7.94. The second-order valence-corrected chi connectivity index (χ2v) is 9.85. The summed E-state index contributed by atoms with van der Waals surface area (Å²) in [7, 11) is -3.75. The average molecular weight is 448 g/mol.